The van der Waals surface area contributed by atoms with Gasteiger partial charge < -0.3 is 24.6 Å². The molecule has 30 heavy (non-hydrogen) atoms. The summed E-state index contributed by atoms with van der Waals surface area (Å²) in [6.45, 7) is 1.87. The Labute approximate surface area is 175 Å². The molecule has 0 unspecified atom stereocenters. The number of urea groups is 1. The van der Waals surface area contributed by atoms with E-state index in [2.05, 4.69) is 10.2 Å². The topological polar surface area (TPSA) is 66.9 Å². The summed E-state index contributed by atoms with van der Waals surface area (Å²) in [6, 6.07) is 6.58. The van der Waals surface area contributed by atoms with Gasteiger partial charge in [-0.05, 0) is 24.3 Å². The van der Waals surface area contributed by atoms with Gasteiger partial charge in [-0.3, -0.25) is 0 Å². The molecule has 2 heterocycles. The van der Waals surface area contributed by atoms with E-state index >= 15 is 0 Å². The number of anilines is 2. The van der Waals surface area contributed by atoms with Crippen LogP contribution in [-0.4, -0.2) is 56.3 Å². The first kappa shape index (κ1) is 20.1. The van der Waals surface area contributed by atoms with E-state index in [1.54, 1.807) is 14.2 Å². The van der Waals surface area contributed by atoms with Crippen molar-refractivity contribution in [1.82, 2.24) is 9.88 Å². The number of carbonyl (C=O) groups is 1. The molecule has 1 aliphatic heterocycles. The highest BCUT2D eigenvalue weighted by Crippen LogP contribution is 2.40. The number of halogens is 2. The van der Waals surface area contributed by atoms with Crippen molar-refractivity contribution in [3.05, 3.63) is 42.0 Å². The van der Waals surface area contributed by atoms with Crippen molar-refractivity contribution >= 4 is 38.4 Å². The molecule has 158 valence electrons. The van der Waals surface area contributed by atoms with Gasteiger partial charge in [0, 0.05) is 26.2 Å². The largest absolute Gasteiger partial charge is 0.495 e. The van der Waals surface area contributed by atoms with Crippen molar-refractivity contribution in [2.75, 3.05) is 50.6 Å². The number of thiazole rings is 1. The molecule has 0 atom stereocenters. The first-order valence-corrected chi connectivity index (χ1v) is 10.1. The fourth-order valence-electron chi connectivity index (χ4n) is 3.31. The van der Waals surface area contributed by atoms with Crippen LogP contribution in [0.1, 0.15) is 0 Å². The summed E-state index contributed by atoms with van der Waals surface area (Å²) in [5, 5.41) is 3.13. The summed E-state index contributed by atoms with van der Waals surface area (Å²) < 4.78 is 39.3. The number of nitrogens with zero attached hydrogens (tertiary/aromatic N) is 3. The van der Waals surface area contributed by atoms with Gasteiger partial charge in [0.2, 0.25) is 0 Å². The van der Waals surface area contributed by atoms with E-state index in [0.717, 1.165) is 33.2 Å². The maximum Gasteiger partial charge on any atom is 0.322 e. The molecule has 7 nitrogen and oxygen atoms in total. The van der Waals surface area contributed by atoms with Gasteiger partial charge >= 0.3 is 6.03 Å². The van der Waals surface area contributed by atoms with Gasteiger partial charge in [-0.15, -0.1) is 0 Å². The summed E-state index contributed by atoms with van der Waals surface area (Å²) >= 11 is 1.49. The Hall–Kier alpha value is -3.14. The number of hydrogen-bond acceptors (Lipinski definition) is 6. The molecule has 0 bridgehead atoms. The van der Waals surface area contributed by atoms with Crippen LogP contribution in [0.5, 0.6) is 11.5 Å². The summed E-state index contributed by atoms with van der Waals surface area (Å²) in [4.78, 5) is 20.7. The molecule has 1 fully saturated rings. The Morgan fingerprint density at radius 2 is 1.67 bits per heavy atom. The SMILES string of the molecule is COc1ccc(OC)c2sc(N3CCN(C(=O)Nc4c(F)cccc4F)CC3)nc12. The number of para-hydroxylation sites is 1. The number of hydrogen-bond donors (Lipinski definition) is 1. The first-order chi connectivity index (χ1) is 14.5. The van der Waals surface area contributed by atoms with Gasteiger partial charge in [0.15, 0.2) is 5.13 Å². The molecule has 2 aromatic carbocycles. The second kappa shape index (κ2) is 8.31. The van der Waals surface area contributed by atoms with Crippen LogP contribution in [-0.2, 0) is 0 Å². The van der Waals surface area contributed by atoms with Crippen LogP contribution in [0.3, 0.4) is 0 Å². The Kier molecular flexibility index (Phi) is 5.58. The van der Waals surface area contributed by atoms with Crippen molar-refractivity contribution in [2.24, 2.45) is 0 Å². The summed E-state index contributed by atoms with van der Waals surface area (Å²) in [5.41, 5.74) is 0.294. The lowest BCUT2D eigenvalue weighted by Gasteiger charge is -2.34. The van der Waals surface area contributed by atoms with Crippen LogP contribution >= 0.6 is 11.3 Å². The average Bonchev–Trinajstić information content (AvgIpc) is 3.21. The van der Waals surface area contributed by atoms with Crippen LogP contribution in [0, 0.1) is 11.6 Å². The average molecular weight is 434 g/mol. The van der Waals surface area contributed by atoms with E-state index in [4.69, 9.17) is 14.5 Å². The summed E-state index contributed by atoms with van der Waals surface area (Å²) in [5.74, 6) is -0.226. The van der Waals surface area contributed by atoms with E-state index in [1.807, 2.05) is 12.1 Å². The van der Waals surface area contributed by atoms with E-state index in [1.165, 1.54) is 22.3 Å². The molecule has 1 aromatic heterocycles. The third-order valence-electron chi connectivity index (χ3n) is 4.93. The minimum atomic E-state index is -0.806. The van der Waals surface area contributed by atoms with Gasteiger partial charge in [-0.2, -0.15) is 0 Å². The van der Waals surface area contributed by atoms with Gasteiger partial charge in [0.05, 0.1) is 14.2 Å². The van der Waals surface area contributed by atoms with E-state index in [-0.39, 0.29) is 0 Å². The minimum Gasteiger partial charge on any atom is -0.495 e. The third-order valence-corrected chi connectivity index (χ3v) is 6.06. The second-order valence-corrected chi connectivity index (χ2v) is 7.62. The maximum absolute atomic E-state index is 13.8. The van der Waals surface area contributed by atoms with E-state index in [0.29, 0.717) is 31.9 Å². The standard InChI is InChI=1S/C20H20F2N4O3S/c1-28-14-6-7-15(29-2)18-17(14)24-20(30-18)26-10-8-25(9-11-26)19(27)23-16-12(21)4-3-5-13(16)22/h3-7H,8-11H2,1-2H3,(H,23,27). The first-order valence-electron chi connectivity index (χ1n) is 9.28. The fraction of sp³-hybridized carbons (Fsp3) is 0.300. The molecular weight excluding hydrogens is 414 g/mol. The second-order valence-electron chi connectivity index (χ2n) is 6.65. The van der Waals surface area contributed by atoms with Gasteiger partial charge in [-0.1, -0.05) is 17.4 Å². The number of amides is 2. The van der Waals surface area contributed by atoms with Crippen LogP contribution in [0.15, 0.2) is 30.3 Å². The van der Waals surface area contributed by atoms with Crippen LogP contribution < -0.4 is 19.7 Å². The molecule has 0 saturated carbocycles. The van der Waals surface area contributed by atoms with Gasteiger partial charge in [0.1, 0.15) is 39.0 Å². The number of carbonyl (C=O) groups excluding carboxylic acids is 1. The molecule has 4 rings (SSSR count). The monoisotopic (exact) mass is 434 g/mol. The number of rotatable bonds is 4. The zero-order valence-electron chi connectivity index (χ0n) is 16.4. The lowest BCUT2D eigenvalue weighted by atomic mass is 10.3. The predicted molar refractivity (Wildman–Crippen MR) is 112 cm³/mol. The quantitative estimate of drug-likeness (QED) is 0.674. The zero-order valence-corrected chi connectivity index (χ0v) is 17.3. The summed E-state index contributed by atoms with van der Waals surface area (Å²) in [6.07, 6.45) is 0. The Morgan fingerprint density at radius 3 is 2.30 bits per heavy atom. The highest BCUT2D eigenvalue weighted by Gasteiger charge is 2.25. The molecule has 0 spiro atoms. The van der Waals surface area contributed by atoms with Crippen molar-refractivity contribution in [2.45, 2.75) is 0 Å². The Bertz CT molecular complexity index is 1020. The Balaban J connectivity index is 1.46. The van der Waals surface area contributed by atoms with Gasteiger partial charge in [0.25, 0.3) is 0 Å². The van der Waals surface area contributed by atoms with Crippen LogP contribution in [0.2, 0.25) is 0 Å². The number of piperazine rings is 1. The normalized spacial score (nSPS) is 14.1. The summed E-state index contributed by atoms with van der Waals surface area (Å²) in [7, 11) is 3.20. The van der Waals surface area contributed by atoms with Crippen molar-refractivity contribution < 1.29 is 23.0 Å². The molecule has 10 heteroatoms. The number of nitrogens with one attached hydrogen (secondary N) is 1. The van der Waals surface area contributed by atoms with Crippen molar-refractivity contribution in [1.29, 1.82) is 0 Å². The maximum atomic E-state index is 13.8. The molecule has 3 aromatic rings. The number of benzene rings is 2. The van der Waals surface area contributed by atoms with E-state index < -0.39 is 23.4 Å². The molecule has 1 N–H and O–H groups in total. The van der Waals surface area contributed by atoms with Crippen molar-refractivity contribution in [3.8, 4) is 11.5 Å². The minimum absolute atomic E-state index is 0.395. The van der Waals surface area contributed by atoms with Crippen LogP contribution in [0.25, 0.3) is 10.2 Å². The predicted octanol–water partition coefficient (Wildman–Crippen LogP) is 3.95. The molecule has 0 radical (unpaired) electrons. The molecule has 2 amide bonds. The van der Waals surface area contributed by atoms with Crippen LogP contribution in [0.4, 0.5) is 24.4 Å². The molecular formula is C20H20F2N4O3S. The highest BCUT2D eigenvalue weighted by molar-refractivity contribution is 7.22. The number of fused-ring (bicyclic) bond motifs is 1. The van der Waals surface area contributed by atoms with Crippen molar-refractivity contribution in [3.63, 3.8) is 0 Å². The zero-order chi connectivity index (χ0) is 21.3. The lowest BCUT2D eigenvalue weighted by Crippen LogP contribution is -2.50. The molecule has 1 saturated heterocycles. The third kappa shape index (κ3) is 3.70. The van der Waals surface area contributed by atoms with E-state index in [9.17, 15) is 13.6 Å². The fourth-order valence-corrected chi connectivity index (χ4v) is 4.44. The smallest absolute Gasteiger partial charge is 0.322 e. The molecule has 0 aliphatic carbocycles. The number of aromatic nitrogens is 1. The van der Waals surface area contributed by atoms with Gasteiger partial charge in [-0.25, -0.2) is 18.6 Å². The molecule has 1 aliphatic rings. The lowest BCUT2D eigenvalue weighted by molar-refractivity contribution is 0.208. The number of methoxy groups -OCH3 is 2. The highest BCUT2D eigenvalue weighted by atomic mass is 32.1. The number of ether oxygens (including phenoxy) is 2. The Morgan fingerprint density at radius 1 is 1.03 bits per heavy atom.